The number of ketones is 1. The second-order valence-corrected chi connectivity index (χ2v) is 6.07. The number of rotatable bonds is 5. The first-order valence-corrected chi connectivity index (χ1v) is 8.58. The maximum atomic E-state index is 13.4. The Morgan fingerprint density at radius 3 is 1.96 bits per heavy atom. The zero-order valence-corrected chi connectivity index (χ0v) is 14.2. The molecule has 0 fully saturated rings. The molecule has 0 spiro atoms. The van der Waals surface area contributed by atoms with Gasteiger partial charge in [0.1, 0.15) is 6.04 Å². The molecule has 0 N–H and O–H groups in total. The summed E-state index contributed by atoms with van der Waals surface area (Å²) in [7, 11) is 0. The fourth-order valence-corrected chi connectivity index (χ4v) is 3.16. The first-order valence-electron chi connectivity index (χ1n) is 8.58. The van der Waals surface area contributed by atoms with Crippen LogP contribution < -0.4 is 0 Å². The third-order valence-electron chi connectivity index (χ3n) is 4.41. The van der Waals surface area contributed by atoms with E-state index in [4.69, 9.17) is 0 Å². The van der Waals surface area contributed by atoms with Crippen molar-refractivity contribution < 1.29 is 4.79 Å². The molecule has 3 nitrogen and oxygen atoms in total. The SMILES string of the molecule is O=C(c1ccccc1)[C@H](c1ccccc1)n1nccc1-c1ccccc1. The van der Waals surface area contributed by atoms with Crippen LogP contribution in [-0.4, -0.2) is 15.6 Å². The summed E-state index contributed by atoms with van der Waals surface area (Å²) in [6.45, 7) is 0. The highest BCUT2D eigenvalue weighted by Crippen LogP contribution is 2.28. The molecule has 0 unspecified atom stereocenters. The summed E-state index contributed by atoms with van der Waals surface area (Å²) < 4.78 is 1.82. The fourth-order valence-electron chi connectivity index (χ4n) is 3.16. The van der Waals surface area contributed by atoms with Crippen molar-refractivity contribution in [1.82, 2.24) is 9.78 Å². The molecule has 0 saturated carbocycles. The number of benzene rings is 3. The zero-order chi connectivity index (χ0) is 17.8. The van der Waals surface area contributed by atoms with Crippen LogP contribution in [-0.2, 0) is 0 Å². The summed E-state index contributed by atoms with van der Waals surface area (Å²) in [6, 6.07) is 30.6. The molecule has 1 heterocycles. The maximum absolute atomic E-state index is 13.4. The molecule has 3 aromatic carbocycles. The van der Waals surface area contributed by atoms with Crippen LogP contribution in [0.15, 0.2) is 103 Å². The molecule has 126 valence electrons. The molecule has 0 amide bonds. The van der Waals surface area contributed by atoms with Crippen molar-refractivity contribution in [2.75, 3.05) is 0 Å². The molecule has 4 rings (SSSR count). The Morgan fingerprint density at radius 2 is 1.31 bits per heavy atom. The summed E-state index contributed by atoms with van der Waals surface area (Å²) in [5.74, 6) is 0.0256. The van der Waals surface area contributed by atoms with E-state index in [9.17, 15) is 4.79 Å². The Morgan fingerprint density at radius 1 is 0.731 bits per heavy atom. The minimum atomic E-state index is -0.510. The highest BCUT2D eigenvalue weighted by atomic mass is 16.1. The average Bonchev–Trinajstić information content (AvgIpc) is 3.19. The fraction of sp³-hybridized carbons (Fsp3) is 0.0435. The Labute approximate surface area is 152 Å². The predicted octanol–water partition coefficient (Wildman–Crippen LogP) is 5.02. The largest absolute Gasteiger partial charge is 0.291 e. The van der Waals surface area contributed by atoms with E-state index >= 15 is 0 Å². The molecule has 0 bridgehead atoms. The van der Waals surface area contributed by atoms with Crippen LogP contribution in [0.3, 0.4) is 0 Å². The van der Waals surface area contributed by atoms with Gasteiger partial charge in [-0.1, -0.05) is 91.0 Å². The second-order valence-electron chi connectivity index (χ2n) is 6.07. The molecular weight excluding hydrogens is 320 g/mol. The van der Waals surface area contributed by atoms with Crippen LogP contribution in [0.5, 0.6) is 0 Å². The van der Waals surface area contributed by atoms with Gasteiger partial charge in [-0.2, -0.15) is 5.10 Å². The van der Waals surface area contributed by atoms with Crippen molar-refractivity contribution >= 4 is 5.78 Å². The summed E-state index contributed by atoms with van der Waals surface area (Å²) >= 11 is 0. The lowest BCUT2D eigenvalue weighted by Crippen LogP contribution is -2.23. The standard InChI is InChI=1S/C23H18N2O/c26-23(20-14-8-3-9-15-20)22(19-12-6-2-7-13-19)25-21(16-17-24-25)18-10-4-1-5-11-18/h1-17,22H/t22-/m0/s1. The number of nitrogens with zero attached hydrogens (tertiary/aromatic N) is 2. The van der Waals surface area contributed by atoms with E-state index in [-0.39, 0.29) is 5.78 Å². The van der Waals surface area contributed by atoms with E-state index in [0.29, 0.717) is 5.56 Å². The number of aromatic nitrogens is 2. The summed E-state index contributed by atoms with van der Waals surface area (Å²) in [5, 5.41) is 4.51. The number of hydrogen-bond acceptors (Lipinski definition) is 2. The predicted molar refractivity (Wildman–Crippen MR) is 103 cm³/mol. The van der Waals surface area contributed by atoms with Gasteiger partial charge in [0.2, 0.25) is 0 Å². The minimum absolute atomic E-state index is 0.0256. The average molecular weight is 338 g/mol. The third kappa shape index (κ3) is 3.07. The normalized spacial score (nSPS) is 11.8. The molecule has 3 heteroatoms. The van der Waals surface area contributed by atoms with E-state index in [0.717, 1.165) is 16.8 Å². The highest BCUT2D eigenvalue weighted by molar-refractivity contribution is 6.01. The quantitative estimate of drug-likeness (QED) is 0.479. The van der Waals surface area contributed by atoms with Gasteiger partial charge in [0.05, 0.1) is 5.69 Å². The molecule has 1 aromatic heterocycles. The van der Waals surface area contributed by atoms with Crippen molar-refractivity contribution in [2.45, 2.75) is 6.04 Å². The summed E-state index contributed by atoms with van der Waals surface area (Å²) in [4.78, 5) is 13.4. The first kappa shape index (κ1) is 16.0. The first-order chi connectivity index (χ1) is 12.8. The van der Waals surface area contributed by atoms with Crippen LogP contribution in [0.2, 0.25) is 0 Å². The number of Topliss-reactive ketones (excluding diaryl/α,β-unsaturated/α-hetero) is 1. The molecule has 0 aliphatic carbocycles. The van der Waals surface area contributed by atoms with Crippen LogP contribution in [0, 0.1) is 0 Å². The Bertz CT molecular complexity index is 992. The molecular formula is C23H18N2O. The lowest BCUT2D eigenvalue weighted by Gasteiger charge is -2.20. The van der Waals surface area contributed by atoms with Crippen molar-refractivity contribution in [3.8, 4) is 11.3 Å². The van der Waals surface area contributed by atoms with Gasteiger partial charge in [-0.25, -0.2) is 4.68 Å². The van der Waals surface area contributed by atoms with Gasteiger partial charge in [0, 0.05) is 11.8 Å². The van der Waals surface area contributed by atoms with Crippen LogP contribution in [0.4, 0.5) is 0 Å². The monoisotopic (exact) mass is 338 g/mol. The smallest absolute Gasteiger partial charge is 0.191 e. The van der Waals surface area contributed by atoms with Gasteiger partial charge in [-0.05, 0) is 17.2 Å². The molecule has 0 saturated heterocycles. The second kappa shape index (κ2) is 7.19. The molecule has 26 heavy (non-hydrogen) atoms. The van der Waals surface area contributed by atoms with E-state index in [1.165, 1.54) is 0 Å². The van der Waals surface area contributed by atoms with E-state index < -0.39 is 6.04 Å². The number of hydrogen-bond donors (Lipinski definition) is 0. The van der Waals surface area contributed by atoms with Crippen molar-refractivity contribution in [3.05, 3.63) is 114 Å². The van der Waals surface area contributed by atoms with E-state index in [1.807, 2.05) is 102 Å². The number of carbonyl (C=O) groups excluding carboxylic acids is 1. The van der Waals surface area contributed by atoms with Gasteiger partial charge in [-0.3, -0.25) is 4.79 Å². The molecule has 0 radical (unpaired) electrons. The van der Waals surface area contributed by atoms with Crippen LogP contribution >= 0.6 is 0 Å². The summed E-state index contributed by atoms with van der Waals surface area (Å²) in [5.41, 5.74) is 3.55. The van der Waals surface area contributed by atoms with Gasteiger partial charge < -0.3 is 0 Å². The van der Waals surface area contributed by atoms with Gasteiger partial charge in [-0.15, -0.1) is 0 Å². The minimum Gasteiger partial charge on any atom is -0.291 e. The Hall–Kier alpha value is -3.46. The van der Waals surface area contributed by atoms with Crippen LogP contribution in [0.1, 0.15) is 22.0 Å². The van der Waals surface area contributed by atoms with E-state index in [2.05, 4.69) is 5.10 Å². The van der Waals surface area contributed by atoms with Crippen molar-refractivity contribution in [1.29, 1.82) is 0 Å². The van der Waals surface area contributed by atoms with Crippen molar-refractivity contribution in [2.24, 2.45) is 0 Å². The lowest BCUT2D eigenvalue weighted by atomic mass is 9.97. The zero-order valence-electron chi connectivity index (χ0n) is 14.2. The van der Waals surface area contributed by atoms with Crippen LogP contribution in [0.25, 0.3) is 11.3 Å². The lowest BCUT2D eigenvalue weighted by molar-refractivity contribution is 0.0940. The third-order valence-corrected chi connectivity index (χ3v) is 4.41. The number of carbonyl (C=O) groups is 1. The van der Waals surface area contributed by atoms with Gasteiger partial charge in [0.15, 0.2) is 5.78 Å². The van der Waals surface area contributed by atoms with E-state index in [1.54, 1.807) is 6.20 Å². The molecule has 1 atom stereocenters. The Kier molecular flexibility index (Phi) is 4.44. The molecule has 4 aromatic rings. The maximum Gasteiger partial charge on any atom is 0.191 e. The van der Waals surface area contributed by atoms with Gasteiger partial charge in [0.25, 0.3) is 0 Å². The Balaban J connectivity index is 1.86. The van der Waals surface area contributed by atoms with Gasteiger partial charge >= 0.3 is 0 Å². The molecule has 0 aliphatic heterocycles. The molecule has 0 aliphatic rings. The highest BCUT2D eigenvalue weighted by Gasteiger charge is 2.26. The summed E-state index contributed by atoms with van der Waals surface area (Å²) in [6.07, 6.45) is 1.75. The topological polar surface area (TPSA) is 34.9 Å². The van der Waals surface area contributed by atoms with Crippen molar-refractivity contribution in [3.63, 3.8) is 0 Å².